The Morgan fingerprint density at radius 1 is 1.00 bits per heavy atom. The van der Waals surface area contributed by atoms with Crippen molar-refractivity contribution in [3.8, 4) is 0 Å². The quantitative estimate of drug-likeness (QED) is 0.508. The van der Waals surface area contributed by atoms with Crippen LogP contribution in [0.5, 0.6) is 0 Å². The highest BCUT2D eigenvalue weighted by Gasteiger charge is 2.30. The van der Waals surface area contributed by atoms with Crippen LogP contribution in [-0.2, 0) is 0 Å². The zero-order valence-electron chi connectivity index (χ0n) is 10.7. The van der Waals surface area contributed by atoms with Crippen molar-refractivity contribution in [3.63, 3.8) is 0 Å². The Morgan fingerprint density at radius 3 is 1.80 bits per heavy atom. The van der Waals surface area contributed by atoms with Gasteiger partial charge in [0.25, 0.3) is 5.91 Å². The van der Waals surface area contributed by atoms with Crippen LogP contribution in [0, 0.1) is 35.0 Å². The summed E-state index contributed by atoms with van der Waals surface area (Å²) in [4.78, 5) is 11.6. The Labute approximate surface area is 112 Å². The average Bonchev–Trinajstić information content (AvgIpc) is 2.42. The molecule has 1 amide bonds. The van der Waals surface area contributed by atoms with Gasteiger partial charge in [-0.25, -0.2) is 22.0 Å². The van der Waals surface area contributed by atoms with Crippen molar-refractivity contribution in [2.45, 2.75) is 19.9 Å². The van der Waals surface area contributed by atoms with Crippen molar-refractivity contribution in [1.82, 2.24) is 5.32 Å². The predicted octanol–water partition coefficient (Wildman–Crippen LogP) is 2.10. The normalized spacial score (nSPS) is 14.0. The second kappa shape index (κ2) is 6.17. The third kappa shape index (κ3) is 2.90. The van der Waals surface area contributed by atoms with Gasteiger partial charge >= 0.3 is 0 Å². The van der Waals surface area contributed by atoms with Gasteiger partial charge < -0.3 is 11.1 Å². The van der Waals surface area contributed by atoms with E-state index >= 15 is 0 Å². The van der Waals surface area contributed by atoms with Gasteiger partial charge in [-0.3, -0.25) is 4.79 Å². The molecule has 0 aromatic heterocycles. The van der Waals surface area contributed by atoms with E-state index in [1.165, 1.54) is 6.92 Å². The van der Waals surface area contributed by atoms with Crippen LogP contribution >= 0.6 is 0 Å². The lowest BCUT2D eigenvalue weighted by Gasteiger charge is -2.20. The van der Waals surface area contributed by atoms with Gasteiger partial charge in [0.15, 0.2) is 23.3 Å². The van der Waals surface area contributed by atoms with Gasteiger partial charge in [-0.2, -0.15) is 0 Å². The van der Waals surface area contributed by atoms with E-state index in [9.17, 15) is 26.7 Å². The molecule has 112 valence electrons. The summed E-state index contributed by atoms with van der Waals surface area (Å²) in [6.07, 6.45) is 0. The minimum Gasteiger partial charge on any atom is -0.349 e. The summed E-state index contributed by atoms with van der Waals surface area (Å²) in [5.74, 6) is -12.6. The standard InChI is InChI=1S/C12H13F5N2O/c1-4(3-18)5(2)19-12(20)6-7(13)9(15)11(17)10(16)8(6)14/h4-5H,3,18H2,1-2H3,(H,19,20). The van der Waals surface area contributed by atoms with Crippen molar-refractivity contribution in [2.24, 2.45) is 11.7 Å². The van der Waals surface area contributed by atoms with Crippen molar-refractivity contribution >= 4 is 5.91 Å². The molecule has 0 heterocycles. The number of nitrogens with two attached hydrogens (primary N) is 1. The van der Waals surface area contributed by atoms with Crippen molar-refractivity contribution in [2.75, 3.05) is 6.54 Å². The molecule has 0 saturated heterocycles. The first-order valence-corrected chi connectivity index (χ1v) is 5.74. The molecule has 3 nitrogen and oxygen atoms in total. The van der Waals surface area contributed by atoms with Gasteiger partial charge in [0.1, 0.15) is 5.56 Å². The van der Waals surface area contributed by atoms with Crippen molar-refractivity contribution < 1.29 is 26.7 Å². The molecule has 1 rings (SSSR count). The number of rotatable bonds is 4. The second-order valence-electron chi connectivity index (χ2n) is 4.42. The van der Waals surface area contributed by atoms with Gasteiger partial charge in [-0.1, -0.05) is 6.92 Å². The van der Waals surface area contributed by atoms with Crippen LogP contribution in [0.3, 0.4) is 0 Å². The van der Waals surface area contributed by atoms with Crippen LogP contribution in [0.25, 0.3) is 0 Å². The minimum atomic E-state index is -2.31. The fourth-order valence-electron chi connectivity index (χ4n) is 1.43. The maximum absolute atomic E-state index is 13.4. The Balaban J connectivity index is 3.18. The molecule has 0 spiro atoms. The Morgan fingerprint density at radius 2 is 1.40 bits per heavy atom. The van der Waals surface area contributed by atoms with Crippen LogP contribution < -0.4 is 11.1 Å². The minimum absolute atomic E-state index is 0.179. The molecule has 0 saturated carbocycles. The van der Waals surface area contributed by atoms with Gasteiger partial charge in [0.2, 0.25) is 5.82 Å². The highest BCUT2D eigenvalue weighted by atomic mass is 19.2. The molecular weight excluding hydrogens is 283 g/mol. The van der Waals surface area contributed by atoms with Crippen LogP contribution in [0.4, 0.5) is 22.0 Å². The number of carbonyl (C=O) groups is 1. The summed E-state index contributed by atoms with van der Waals surface area (Å²) in [6, 6.07) is -0.595. The van der Waals surface area contributed by atoms with E-state index in [1.54, 1.807) is 6.92 Å². The summed E-state index contributed by atoms with van der Waals surface area (Å²) in [7, 11) is 0. The van der Waals surface area contributed by atoms with E-state index in [-0.39, 0.29) is 12.5 Å². The molecule has 8 heteroatoms. The van der Waals surface area contributed by atoms with E-state index in [2.05, 4.69) is 5.32 Å². The van der Waals surface area contributed by atoms with Gasteiger partial charge in [0, 0.05) is 6.04 Å². The zero-order chi connectivity index (χ0) is 15.6. The molecule has 2 unspecified atom stereocenters. The molecule has 20 heavy (non-hydrogen) atoms. The van der Waals surface area contributed by atoms with E-state index in [0.717, 1.165) is 0 Å². The van der Waals surface area contributed by atoms with E-state index in [0.29, 0.717) is 0 Å². The van der Waals surface area contributed by atoms with Crippen LogP contribution in [0.2, 0.25) is 0 Å². The van der Waals surface area contributed by atoms with E-state index in [1.807, 2.05) is 0 Å². The summed E-state index contributed by atoms with van der Waals surface area (Å²) >= 11 is 0. The molecule has 0 radical (unpaired) electrons. The fraction of sp³-hybridized carbons (Fsp3) is 0.417. The number of amides is 1. The Hall–Kier alpha value is -1.70. The number of hydrogen-bond donors (Lipinski definition) is 2. The third-order valence-corrected chi connectivity index (χ3v) is 3.02. The van der Waals surface area contributed by atoms with Crippen LogP contribution in [-0.4, -0.2) is 18.5 Å². The summed E-state index contributed by atoms with van der Waals surface area (Å²) < 4.78 is 65.5. The van der Waals surface area contributed by atoms with E-state index in [4.69, 9.17) is 5.73 Å². The number of nitrogens with one attached hydrogen (secondary N) is 1. The first-order chi connectivity index (χ1) is 9.22. The largest absolute Gasteiger partial charge is 0.349 e. The summed E-state index contributed by atoms with van der Waals surface area (Å²) in [5, 5.41) is 2.15. The predicted molar refractivity (Wildman–Crippen MR) is 61.4 cm³/mol. The lowest BCUT2D eigenvalue weighted by molar-refractivity contribution is 0.0917. The number of benzene rings is 1. The zero-order valence-corrected chi connectivity index (χ0v) is 10.7. The van der Waals surface area contributed by atoms with E-state index < -0.39 is 46.6 Å². The first-order valence-electron chi connectivity index (χ1n) is 5.74. The SMILES string of the molecule is CC(CN)C(C)NC(=O)c1c(F)c(F)c(F)c(F)c1F. The molecule has 0 aliphatic carbocycles. The number of hydrogen-bond acceptors (Lipinski definition) is 2. The molecular formula is C12H13F5N2O. The summed E-state index contributed by atoms with van der Waals surface area (Å²) in [5.41, 5.74) is 3.84. The highest BCUT2D eigenvalue weighted by Crippen LogP contribution is 2.23. The Bertz CT molecular complexity index is 506. The molecule has 1 aromatic rings. The smallest absolute Gasteiger partial charge is 0.257 e. The Kier molecular flexibility index (Phi) is 5.04. The number of halogens is 5. The van der Waals surface area contributed by atoms with Crippen LogP contribution in [0.1, 0.15) is 24.2 Å². The molecule has 3 N–H and O–H groups in total. The third-order valence-electron chi connectivity index (χ3n) is 3.02. The summed E-state index contributed by atoms with van der Waals surface area (Å²) in [6.45, 7) is 3.34. The van der Waals surface area contributed by atoms with Gasteiger partial charge in [-0.15, -0.1) is 0 Å². The van der Waals surface area contributed by atoms with Gasteiger partial charge in [0.05, 0.1) is 0 Å². The topological polar surface area (TPSA) is 55.1 Å². The molecule has 0 bridgehead atoms. The molecule has 2 atom stereocenters. The van der Waals surface area contributed by atoms with Crippen LogP contribution in [0.15, 0.2) is 0 Å². The van der Waals surface area contributed by atoms with Crippen molar-refractivity contribution in [3.05, 3.63) is 34.6 Å². The monoisotopic (exact) mass is 296 g/mol. The lowest BCUT2D eigenvalue weighted by Crippen LogP contribution is -2.40. The maximum atomic E-state index is 13.4. The molecule has 0 aliphatic rings. The first kappa shape index (κ1) is 16.4. The van der Waals surface area contributed by atoms with Gasteiger partial charge in [-0.05, 0) is 19.4 Å². The molecule has 0 aliphatic heterocycles. The molecule has 1 aromatic carbocycles. The lowest BCUT2D eigenvalue weighted by atomic mass is 10.0. The fourth-order valence-corrected chi connectivity index (χ4v) is 1.43. The number of carbonyl (C=O) groups excluding carboxylic acids is 1. The molecule has 0 fully saturated rings. The second-order valence-corrected chi connectivity index (χ2v) is 4.42. The highest BCUT2D eigenvalue weighted by molar-refractivity contribution is 5.95. The maximum Gasteiger partial charge on any atom is 0.257 e. The average molecular weight is 296 g/mol. The van der Waals surface area contributed by atoms with Crippen molar-refractivity contribution in [1.29, 1.82) is 0 Å².